The van der Waals surface area contributed by atoms with Gasteiger partial charge in [0.15, 0.2) is 11.5 Å². The van der Waals surface area contributed by atoms with Crippen LogP contribution in [0.25, 0.3) is 11.0 Å². The van der Waals surface area contributed by atoms with Gasteiger partial charge in [-0.1, -0.05) is 0 Å². The Balaban J connectivity index is 1.40. The summed E-state index contributed by atoms with van der Waals surface area (Å²) >= 11 is 0. The van der Waals surface area contributed by atoms with Crippen LogP contribution in [-0.4, -0.2) is 41.0 Å². The van der Waals surface area contributed by atoms with Crippen LogP contribution >= 0.6 is 0 Å². The normalized spacial score (nSPS) is 13.8. The minimum atomic E-state index is -4.92. The number of aromatic nitrogens is 3. The highest BCUT2D eigenvalue weighted by Gasteiger charge is 2.56. The molecule has 41 heavy (non-hydrogen) atoms. The number of nitrogens with zero attached hydrogens (tertiary/aromatic N) is 3. The Labute approximate surface area is 229 Å². The third-order valence-electron chi connectivity index (χ3n) is 6.36. The predicted octanol–water partition coefficient (Wildman–Crippen LogP) is 5.35. The second kappa shape index (κ2) is 10.5. The Morgan fingerprint density at radius 2 is 1.56 bits per heavy atom. The van der Waals surface area contributed by atoms with Crippen LogP contribution in [-0.2, 0) is 15.8 Å². The fourth-order valence-corrected chi connectivity index (χ4v) is 4.01. The number of ether oxygens (including phenoxy) is 3. The summed E-state index contributed by atoms with van der Waals surface area (Å²) in [5.74, 6) is -2.51. The number of nitrogens with one attached hydrogen (secondary N) is 2. The highest BCUT2D eigenvalue weighted by Crippen LogP contribution is 2.48. The molecule has 0 radical (unpaired) electrons. The average molecular weight is 571 g/mol. The van der Waals surface area contributed by atoms with Gasteiger partial charge in [-0.2, -0.15) is 13.2 Å². The van der Waals surface area contributed by atoms with Crippen molar-refractivity contribution in [1.29, 1.82) is 0 Å². The summed E-state index contributed by atoms with van der Waals surface area (Å²) in [7, 11) is 2.75. The number of benzene rings is 1. The van der Waals surface area contributed by atoms with Crippen molar-refractivity contribution < 1.29 is 41.4 Å². The Morgan fingerprint density at radius 3 is 2.17 bits per heavy atom. The summed E-state index contributed by atoms with van der Waals surface area (Å²) in [6.45, 7) is 0. The zero-order valence-electron chi connectivity index (χ0n) is 21.5. The Hall–Kier alpha value is -5.01. The number of hydrogen-bond donors (Lipinski definition) is 2. The van der Waals surface area contributed by atoms with Crippen LogP contribution in [0, 0.1) is 11.2 Å². The van der Waals surface area contributed by atoms with Gasteiger partial charge in [0.05, 0.1) is 31.6 Å². The summed E-state index contributed by atoms with van der Waals surface area (Å²) < 4.78 is 71.2. The maximum absolute atomic E-state index is 14.1. The van der Waals surface area contributed by atoms with Crippen molar-refractivity contribution in [2.24, 2.45) is 5.41 Å². The average Bonchev–Trinajstić information content (AvgIpc) is 3.76. The van der Waals surface area contributed by atoms with Crippen molar-refractivity contribution >= 4 is 34.2 Å². The first-order chi connectivity index (χ1) is 19.5. The maximum Gasteiger partial charge on any atom is 0.421 e. The summed E-state index contributed by atoms with van der Waals surface area (Å²) in [4.78, 5) is 37.9. The zero-order chi connectivity index (χ0) is 29.4. The molecule has 2 N–H and O–H groups in total. The molecule has 3 aromatic heterocycles. The molecule has 0 spiro atoms. The molecule has 212 valence electrons. The fourth-order valence-electron chi connectivity index (χ4n) is 4.01. The van der Waals surface area contributed by atoms with Gasteiger partial charge in [0.2, 0.25) is 17.7 Å². The molecule has 0 bridgehead atoms. The Kier molecular flexibility index (Phi) is 7.07. The predicted molar refractivity (Wildman–Crippen MR) is 137 cm³/mol. The molecule has 3 heterocycles. The summed E-state index contributed by atoms with van der Waals surface area (Å²) in [6, 6.07) is 8.40. The lowest BCUT2D eigenvalue weighted by atomic mass is 10.0. The topological polar surface area (TPSA) is 125 Å². The molecule has 4 aromatic rings. The molecule has 0 unspecified atom stereocenters. The zero-order valence-corrected chi connectivity index (χ0v) is 21.5. The van der Waals surface area contributed by atoms with E-state index < -0.39 is 40.7 Å². The molecular weight excluding hydrogens is 550 g/mol. The molecule has 14 heteroatoms. The van der Waals surface area contributed by atoms with E-state index in [-0.39, 0.29) is 52.6 Å². The van der Waals surface area contributed by atoms with Gasteiger partial charge in [-0.25, -0.2) is 14.4 Å². The van der Waals surface area contributed by atoms with E-state index in [1.54, 1.807) is 0 Å². The van der Waals surface area contributed by atoms with Gasteiger partial charge in [-0.15, -0.1) is 0 Å². The number of fused-ring (bicyclic) bond motifs is 1. The lowest BCUT2D eigenvalue weighted by Crippen LogP contribution is -2.35. The first-order valence-electron chi connectivity index (χ1n) is 12.1. The molecule has 0 atom stereocenters. The molecule has 10 nitrogen and oxygen atoms in total. The highest BCUT2D eigenvalue weighted by molar-refractivity contribution is 6.16. The van der Waals surface area contributed by atoms with E-state index in [1.165, 1.54) is 44.7 Å². The summed E-state index contributed by atoms with van der Waals surface area (Å²) in [6.07, 6.45) is -2.25. The summed E-state index contributed by atoms with van der Waals surface area (Å²) in [5, 5.41) is 4.88. The number of amides is 2. The van der Waals surface area contributed by atoms with Gasteiger partial charge in [0, 0.05) is 24.0 Å². The van der Waals surface area contributed by atoms with Crippen LogP contribution in [0.15, 0.2) is 54.9 Å². The molecule has 1 aliphatic rings. The molecular formula is C27H21F4N5O5. The van der Waals surface area contributed by atoms with Gasteiger partial charge in [0.25, 0.3) is 5.88 Å². The van der Waals surface area contributed by atoms with E-state index in [0.29, 0.717) is 6.07 Å². The van der Waals surface area contributed by atoms with Gasteiger partial charge in [0.1, 0.15) is 22.3 Å². The number of anilines is 2. The minimum Gasteiger partial charge on any atom is -0.491 e. The van der Waals surface area contributed by atoms with Gasteiger partial charge in [-0.3, -0.25) is 14.6 Å². The second-order valence-electron chi connectivity index (χ2n) is 9.05. The van der Waals surface area contributed by atoms with Crippen molar-refractivity contribution in [1.82, 2.24) is 15.0 Å². The molecule has 0 saturated heterocycles. The molecule has 0 aliphatic heterocycles. The van der Waals surface area contributed by atoms with Crippen molar-refractivity contribution in [3.05, 3.63) is 66.2 Å². The van der Waals surface area contributed by atoms with E-state index in [4.69, 9.17) is 14.2 Å². The third-order valence-corrected chi connectivity index (χ3v) is 6.36. The maximum atomic E-state index is 14.1. The summed E-state index contributed by atoms with van der Waals surface area (Å²) in [5.41, 5.74) is -2.41. The van der Waals surface area contributed by atoms with Crippen LogP contribution in [0.1, 0.15) is 18.4 Å². The first-order valence-corrected chi connectivity index (χ1v) is 12.1. The van der Waals surface area contributed by atoms with E-state index >= 15 is 0 Å². The fraction of sp³-hybridized carbons (Fsp3) is 0.222. The number of rotatable bonds is 8. The van der Waals surface area contributed by atoms with E-state index in [1.807, 2.05) is 0 Å². The lowest BCUT2D eigenvalue weighted by Gasteiger charge is -2.18. The van der Waals surface area contributed by atoms with E-state index in [0.717, 1.165) is 18.3 Å². The molecule has 5 rings (SSSR count). The number of hydrogen-bond acceptors (Lipinski definition) is 8. The second-order valence-corrected chi connectivity index (χ2v) is 9.05. The Morgan fingerprint density at radius 1 is 0.878 bits per heavy atom. The number of halogens is 4. The Bertz CT molecular complexity index is 1640. The van der Waals surface area contributed by atoms with Crippen molar-refractivity contribution in [2.45, 2.75) is 19.0 Å². The van der Waals surface area contributed by atoms with Crippen LogP contribution in [0.4, 0.5) is 28.9 Å². The van der Waals surface area contributed by atoms with Gasteiger partial charge >= 0.3 is 6.18 Å². The quantitative estimate of drug-likeness (QED) is 0.214. The first kappa shape index (κ1) is 27.6. The number of carbonyl (C=O) groups is 2. The van der Waals surface area contributed by atoms with E-state index in [2.05, 4.69) is 25.6 Å². The number of alkyl halides is 3. The van der Waals surface area contributed by atoms with Crippen LogP contribution in [0.2, 0.25) is 0 Å². The third kappa shape index (κ3) is 5.53. The van der Waals surface area contributed by atoms with Crippen LogP contribution < -0.4 is 24.8 Å². The SMILES string of the molecule is COc1cc2nccc(Oc3ncc(NC(=O)C4(C(=O)Nc5ccc(F)cc5)CC4)cc3C(F)(F)F)c2nc1OC. The largest absolute Gasteiger partial charge is 0.491 e. The minimum absolute atomic E-state index is 0.0670. The molecule has 1 aromatic carbocycles. The van der Waals surface area contributed by atoms with Crippen LogP contribution in [0.5, 0.6) is 23.3 Å². The van der Waals surface area contributed by atoms with Gasteiger partial charge in [-0.05, 0) is 43.2 Å². The number of carbonyl (C=O) groups excluding carboxylic acids is 2. The van der Waals surface area contributed by atoms with Crippen molar-refractivity contribution in [2.75, 3.05) is 24.9 Å². The van der Waals surface area contributed by atoms with Crippen molar-refractivity contribution in [3.63, 3.8) is 0 Å². The molecule has 1 aliphatic carbocycles. The lowest BCUT2D eigenvalue weighted by molar-refractivity contribution is -0.139. The monoisotopic (exact) mass is 571 g/mol. The number of methoxy groups -OCH3 is 2. The molecule has 1 fully saturated rings. The smallest absolute Gasteiger partial charge is 0.421 e. The standard InChI is InChI=1S/C27H21F4N5O5/c1-39-20-12-18-21(36-23(20)40-2)19(7-10-32-18)41-22-17(27(29,30)31)11-16(13-33-22)35-25(38)26(8-9-26)24(37)34-15-5-3-14(28)4-6-15/h3-7,10-13H,8-9H2,1-2H3,(H,34,37)(H,35,38). The van der Waals surface area contributed by atoms with Gasteiger partial charge < -0.3 is 24.8 Å². The molecule has 1 saturated carbocycles. The molecule has 2 amide bonds. The van der Waals surface area contributed by atoms with Crippen molar-refractivity contribution in [3.8, 4) is 23.3 Å². The number of pyridine rings is 3. The van der Waals surface area contributed by atoms with E-state index in [9.17, 15) is 27.2 Å². The van der Waals surface area contributed by atoms with Crippen LogP contribution in [0.3, 0.4) is 0 Å². The highest BCUT2D eigenvalue weighted by atomic mass is 19.4.